The fraction of sp³-hybridized carbons (Fsp3) is 1.00. The van der Waals surface area contributed by atoms with Crippen LogP contribution in [0.2, 0.25) is 51.4 Å². The SMILES string of the molecule is CCCCCC[N+](C)(CCCCCC)CCC[Si](C)(C)O[Si](C)(C)O[Si](C)(C)CCCC. The highest BCUT2D eigenvalue weighted by atomic mass is 28.5. The summed E-state index contributed by atoms with van der Waals surface area (Å²) in [6.07, 6.45) is 14.9. The van der Waals surface area contributed by atoms with E-state index < -0.39 is 25.2 Å². The van der Waals surface area contributed by atoms with Crippen LogP contribution in [-0.2, 0) is 8.23 Å². The van der Waals surface area contributed by atoms with E-state index in [0.29, 0.717) is 0 Å². The van der Waals surface area contributed by atoms with Crippen molar-refractivity contribution in [3.05, 3.63) is 0 Å². The van der Waals surface area contributed by atoms with Crippen LogP contribution in [0.3, 0.4) is 0 Å². The number of unbranched alkanes of at least 4 members (excludes halogenated alkanes) is 7. The number of rotatable bonds is 21. The lowest BCUT2D eigenvalue weighted by molar-refractivity contribution is -0.910. The van der Waals surface area contributed by atoms with Gasteiger partial charge in [0, 0.05) is 0 Å². The predicted molar refractivity (Wildman–Crippen MR) is 153 cm³/mol. The van der Waals surface area contributed by atoms with E-state index in [1.807, 2.05) is 0 Å². The minimum Gasteiger partial charge on any atom is -0.437 e. The van der Waals surface area contributed by atoms with Crippen molar-refractivity contribution in [3.8, 4) is 0 Å². The summed E-state index contributed by atoms with van der Waals surface area (Å²) < 4.78 is 14.9. The van der Waals surface area contributed by atoms with Crippen LogP contribution in [0.15, 0.2) is 0 Å². The van der Waals surface area contributed by atoms with Gasteiger partial charge >= 0.3 is 8.56 Å². The Hall–Kier alpha value is 0.531. The van der Waals surface area contributed by atoms with Crippen LogP contribution in [0.1, 0.15) is 91.4 Å². The molecule has 0 amide bonds. The molecule has 0 aromatic heterocycles. The van der Waals surface area contributed by atoms with Crippen LogP contribution in [0.5, 0.6) is 0 Å². The molecule has 6 heteroatoms. The third-order valence-electron chi connectivity index (χ3n) is 6.76. The molecule has 0 saturated heterocycles. The Kier molecular flexibility index (Phi) is 16.5. The van der Waals surface area contributed by atoms with E-state index in [0.717, 1.165) is 0 Å². The number of nitrogens with zero attached hydrogens (tertiary/aromatic N) is 1. The van der Waals surface area contributed by atoms with E-state index >= 15 is 0 Å². The molecule has 0 aliphatic heterocycles. The summed E-state index contributed by atoms with van der Waals surface area (Å²) >= 11 is 0. The quantitative estimate of drug-likeness (QED) is 0.0882. The van der Waals surface area contributed by atoms with E-state index in [-0.39, 0.29) is 0 Å². The zero-order valence-electron chi connectivity index (χ0n) is 24.1. The van der Waals surface area contributed by atoms with Gasteiger partial charge in [0.25, 0.3) is 0 Å². The molecule has 0 unspecified atom stereocenters. The van der Waals surface area contributed by atoms with Gasteiger partial charge in [0.1, 0.15) is 0 Å². The van der Waals surface area contributed by atoms with Gasteiger partial charge in [0.2, 0.25) is 0 Å². The first-order chi connectivity index (χ1) is 14.8. The molecular weight excluding hydrogens is 443 g/mol. The lowest BCUT2D eigenvalue weighted by Gasteiger charge is -2.39. The summed E-state index contributed by atoms with van der Waals surface area (Å²) in [6, 6.07) is 2.53. The molecule has 0 rings (SSSR count). The van der Waals surface area contributed by atoms with Gasteiger partial charge in [-0.05, 0) is 83.5 Å². The van der Waals surface area contributed by atoms with Gasteiger partial charge in [-0.25, -0.2) is 0 Å². The van der Waals surface area contributed by atoms with Crippen LogP contribution >= 0.6 is 0 Å². The molecular formula is C26H62NO2Si3+. The molecule has 0 saturated carbocycles. The summed E-state index contributed by atoms with van der Waals surface area (Å²) in [5, 5.41) is 0. The van der Waals surface area contributed by atoms with Gasteiger partial charge in [-0.15, -0.1) is 0 Å². The fourth-order valence-corrected chi connectivity index (χ4v) is 19.3. The Bertz CT molecular complexity index is 458. The Morgan fingerprint density at radius 2 is 0.875 bits per heavy atom. The van der Waals surface area contributed by atoms with Crippen LogP contribution < -0.4 is 0 Å². The average molecular weight is 505 g/mol. The molecule has 0 spiro atoms. The lowest BCUT2D eigenvalue weighted by atomic mass is 10.1. The highest BCUT2D eigenvalue weighted by Crippen LogP contribution is 2.27. The van der Waals surface area contributed by atoms with Gasteiger partial charge in [-0.3, -0.25) is 0 Å². The molecule has 0 bridgehead atoms. The summed E-state index contributed by atoms with van der Waals surface area (Å²) in [7, 11) is -2.85. The maximum absolute atomic E-state index is 6.87. The fourth-order valence-electron chi connectivity index (χ4n) is 5.12. The molecule has 32 heavy (non-hydrogen) atoms. The molecule has 0 atom stereocenters. The first-order valence-corrected chi connectivity index (χ1v) is 23.1. The smallest absolute Gasteiger partial charge is 0.311 e. The van der Waals surface area contributed by atoms with Crippen molar-refractivity contribution >= 4 is 25.2 Å². The van der Waals surface area contributed by atoms with Gasteiger partial charge in [0.15, 0.2) is 16.6 Å². The first kappa shape index (κ1) is 32.5. The maximum Gasteiger partial charge on any atom is 0.311 e. The summed E-state index contributed by atoms with van der Waals surface area (Å²) in [6.45, 7) is 25.2. The Balaban J connectivity index is 4.75. The molecule has 0 aliphatic carbocycles. The summed E-state index contributed by atoms with van der Waals surface area (Å²) in [5.74, 6) is 0. The summed E-state index contributed by atoms with van der Waals surface area (Å²) in [5.41, 5.74) is 0. The number of hydrogen-bond donors (Lipinski definition) is 0. The molecule has 0 aromatic carbocycles. The predicted octanol–water partition coefficient (Wildman–Crippen LogP) is 8.93. The molecule has 0 radical (unpaired) electrons. The van der Waals surface area contributed by atoms with E-state index in [9.17, 15) is 0 Å². The average Bonchev–Trinajstić information content (AvgIpc) is 2.65. The van der Waals surface area contributed by atoms with Crippen molar-refractivity contribution in [1.82, 2.24) is 0 Å². The highest BCUT2D eigenvalue weighted by molar-refractivity contribution is 6.87. The van der Waals surface area contributed by atoms with Gasteiger partial charge < -0.3 is 12.7 Å². The van der Waals surface area contributed by atoms with Crippen LogP contribution in [0.4, 0.5) is 0 Å². The van der Waals surface area contributed by atoms with E-state index in [2.05, 4.69) is 67.1 Å². The minimum atomic E-state index is -2.06. The van der Waals surface area contributed by atoms with Crippen molar-refractivity contribution in [3.63, 3.8) is 0 Å². The molecule has 0 aromatic rings. The van der Waals surface area contributed by atoms with Crippen molar-refractivity contribution < 1.29 is 12.7 Å². The second kappa shape index (κ2) is 16.2. The zero-order valence-corrected chi connectivity index (χ0v) is 27.1. The lowest BCUT2D eigenvalue weighted by Crippen LogP contribution is -2.52. The maximum atomic E-state index is 6.87. The minimum absolute atomic E-state index is 1.26. The summed E-state index contributed by atoms with van der Waals surface area (Å²) in [4.78, 5) is 0. The van der Waals surface area contributed by atoms with Crippen LogP contribution in [-0.4, -0.2) is 56.4 Å². The Morgan fingerprint density at radius 3 is 1.28 bits per heavy atom. The Labute approximate surface area is 207 Å². The van der Waals surface area contributed by atoms with Crippen molar-refractivity contribution in [2.75, 3.05) is 26.7 Å². The van der Waals surface area contributed by atoms with Crippen molar-refractivity contribution in [2.45, 2.75) is 143 Å². The van der Waals surface area contributed by atoms with E-state index in [4.69, 9.17) is 8.23 Å². The molecule has 0 N–H and O–H groups in total. The second-order valence-electron chi connectivity index (χ2n) is 12.2. The van der Waals surface area contributed by atoms with E-state index in [1.54, 1.807) is 0 Å². The van der Waals surface area contributed by atoms with Gasteiger partial charge in [-0.1, -0.05) is 59.3 Å². The van der Waals surface area contributed by atoms with Crippen molar-refractivity contribution in [1.29, 1.82) is 0 Å². The van der Waals surface area contributed by atoms with E-state index in [1.165, 1.54) is 107 Å². The largest absolute Gasteiger partial charge is 0.437 e. The first-order valence-electron chi connectivity index (χ1n) is 14.0. The van der Waals surface area contributed by atoms with Gasteiger partial charge in [0.05, 0.1) is 26.7 Å². The third-order valence-corrected chi connectivity index (χ3v) is 18.2. The zero-order chi connectivity index (χ0) is 24.7. The molecule has 194 valence electrons. The number of quaternary nitrogens is 1. The molecule has 0 fully saturated rings. The molecule has 0 heterocycles. The third kappa shape index (κ3) is 17.0. The normalized spacial score (nSPS) is 13.7. The Morgan fingerprint density at radius 1 is 0.500 bits per heavy atom. The number of hydrogen-bond acceptors (Lipinski definition) is 2. The van der Waals surface area contributed by atoms with Crippen LogP contribution in [0, 0.1) is 0 Å². The highest BCUT2D eigenvalue weighted by Gasteiger charge is 2.39. The van der Waals surface area contributed by atoms with Crippen molar-refractivity contribution in [2.24, 2.45) is 0 Å². The topological polar surface area (TPSA) is 18.5 Å². The molecule has 0 aliphatic rings. The molecule has 3 nitrogen and oxygen atoms in total. The standard InChI is InChI=1S/C26H62NO2Si3/c1-11-14-17-19-22-27(4,23-20-18-15-12-2)24-21-26-31(7,8)29-32(9,10)28-30(5,6)25-16-13-3/h11-26H2,1-10H3/q+1. The second-order valence-corrected chi connectivity index (χ2v) is 24.7. The monoisotopic (exact) mass is 504 g/mol. The van der Waals surface area contributed by atoms with Gasteiger partial charge in [-0.2, -0.15) is 0 Å². The van der Waals surface area contributed by atoms with Crippen LogP contribution in [0.25, 0.3) is 0 Å².